The number of fused-ring (bicyclic) bond motifs is 1. The third-order valence-electron chi connectivity index (χ3n) is 5.21. The van der Waals surface area contributed by atoms with Crippen LogP contribution in [0.2, 0.25) is 0 Å². The van der Waals surface area contributed by atoms with Crippen LogP contribution in [0.25, 0.3) is 5.69 Å². The molecule has 0 saturated heterocycles. The fraction of sp³-hybridized carbons (Fsp3) is 0.364. The van der Waals surface area contributed by atoms with Crippen LogP contribution in [-0.4, -0.2) is 37.3 Å². The summed E-state index contributed by atoms with van der Waals surface area (Å²) in [5.74, 6) is 0.367. The summed E-state index contributed by atoms with van der Waals surface area (Å²) in [6.07, 6.45) is 0.707. The minimum absolute atomic E-state index is 0.00933. The Labute approximate surface area is 174 Å². The van der Waals surface area contributed by atoms with E-state index in [0.29, 0.717) is 31.1 Å². The largest absolute Gasteiger partial charge is 0.471 e. The summed E-state index contributed by atoms with van der Waals surface area (Å²) in [6.45, 7) is 7.17. The van der Waals surface area contributed by atoms with E-state index < -0.39 is 0 Å². The molecule has 0 fully saturated rings. The van der Waals surface area contributed by atoms with Gasteiger partial charge in [-0.2, -0.15) is 0 Å². The Hall–Kier alpha value is -3.29. The van der Waals surface area contributed by atoms with Crippen LogP contribution >= 0.6 is 0 Å². The van der Waals surface area contributed by atoms with Crippen molar-refractivity contribution in [2.75, 3.05) is 6.54 Å². The van der Waals surface area contributed by atoms with Gasteiger partial charge in [0, 0.05) is 31.5 Å². The fourth-order valence-corrected chi connectivity index (χ4v) is 3.50. The number of hydrogen-bond donors (Lipinski definition) is 0. The molecule has 30 heavy (non-hydrogen) atoms. The van der Waals surface area contributed by atoms with Gasteiger partial charge in [0.15, 0.2) is 0 Å². The highest BCUT2D eigenvalue weighted by molar-refractivity contribution is 5.78. The van der Waals surface area contributed by atoms with E-state index in [2.05, 4.69) is 15.3 Å². The van der Waals surface area contributed by atoms with Crippen LogP contribution in [0.1, 0.15) is 36.5 Å². The summed E-state index contributed by atoms with van der Waals surface area (Å²) in [6, 6.07) is 9.86. The van der Waals surface area contributed by atoms with Gasteiger partial charge in [0.05, 0.1) is 17.1 Å². The van der Waals surface area contributed by atoms with Crippen LogP contribution in [0.5, 0.6) is 5.88 Å². The zero-order chi connectivity index (χ0) is 21.3. The van der Waals surface area contributed by atoms with Crippen molar-refractivity contribution in [1.29, 1.82) is 0 Å². The number of aromatic nitrogens is 4. The van der Waals surface area contributed by atoms with Gasteiger partial charge in [0.2, 0.25) is 11.8 Å². The molecule has 0 N–H and O–H groups in total. The molecule has 0 radical (unpaired) electrons. The molecule has 4 rings (SSSR count). The first-order chi connectivity index (χ1) is 14.4. The van der Waals surface area contributed by atoms with E-state index in [-0.39, 0.29) is 24.2 Å². The van der Waals surface area contributed by atoms with Gasteiger partial charge >= 0.3 is 0 Å². The number of carbonyl (C=O) groups is 1. The molecule has 0 unspecified atom stereocenters. The number of amides is 1. The molecule has 0 spiro atoms. The molecule has 0 aliphatic carbocycles. The van der Waals surface area contributed by atoms with E-state index >= 15 is 0 Å². The molecular formula is C22H24FN5O2. The van der Waals surface area contributed by atoms with Crippen molar-refractivity contribution >= 4 is 5.91 Å². The van der Waals surface area contributed by atoms with Crippen molar-refractivity contribution in [3.05, 3.63) is 64.9 Å². The number of pyridine rings is 1. The Morgan fingerprint density at radius 2 is 1.97 bits per heavy atom. The number of aryl methyl sites for hydroxylation is 1. The van der Waals surface area contributed by atoms with Gasteiger partial charge in [-0.05, 0) is 36.8 Å². The van der Waals surface area contributed by atoms with E-state index in [0.717, 1.165) is 22.6 Å². The van der Waals surface area contributed by atoms with Gasteiger partial charge in [-0.1, -0.05) is 25.1 Å². The van der Waals surface area contributed by atoms with Crippen molar-refractivity contribution in [2.24, 2.45) is 5.92 Å². The van der Waals surface area contributed by atoms with E-state index in [1.54, 1.807) is 16.8 Å². The number of ether oxygens (including phenoxy) is 1. The van der Waals surface area contributed by atoms with Gasteiger partial charge < -0.3 is 9.64 Å². The summed E-state index contributed by atoms with van der Waals surface area (Å²) in [5, 5.41) is 8.26. The monoisotopic (exact) mass is 409 g/mol. The molecule has 0 bridgehead atoms. The maximum absolute atomic E-state index is 13.2. The summed E-state index contributed by atoms with van der Waals surface area (Å²) in [5.41, 5.74) is 4.23. The minimum atomic E-state index is -0.305. The number of nitrogens with zero attached hydrogens (tertiary/aromatic N) is 5. The van der Waals surface area contributed by atoms with Crippen molar-refractivity contribution in [2.45, 2.75) is 40.3 Å². The highest BCUT2D eigenvalue weighted by atomic mass is 19.1. The fourth-order valence-electron chi connectivity index (χ4n) is 3.50. The van der Waals surface area contributed by atoms with Crippen LogP contribution in [0, 0.1) is 18.7 Å². The highest BCUT2D eigenvalue weighted by Crippen LogP contribution is 2.23. The smallest absolute Gasteiger partial charge is 0.225 e. The Morgan fingerprint density at radius 3 is 2.70 bits per heavy atom. The number of rotatable bonds is 5. The molecule has 156 valence electrons. The topological polar surface area (TPSA) is 73.1 Å². The first-order valence-corrected chi connectivity index (χ1v) is 10.00. The first kappa shape index (κ1) is 20.0. The van der Waals surface area contributed by atoms with Crippen LogP contribution in [0.15, 0.2) is 36.4 Å². The second-order valence-corrected chi connectivity index (χ2v) is 7.72. The lowest BCUT2D eigenvalue weighted by Gasteiger charge is -2.29. The SMILES string of the molecule is Cc1nnn(-c2ccc(F)cc2)c1COc1ccc2c(n1)CCN(C(=O)C(C)C)C2. The standard InChI is InChI=1S/C22H24FN5O2/c1-14(2)22(29)27-11-10-19-16(12-27)4-9-21(24-19)30-13-20-15(3)25-26-28(20)18-7-5-17(23)6-8-18/h4-9,14H,10-13H2,1-3H3. The molecule has 0 atom stereocenters. The third-order valence-corrected chi connectivity index (χ3v) is 5.21. The van der Waals surface area contributed by atoms with Crippen molar-refractivity contribution < 1.29 is 13.9 Å². The summed E-state index contributed by atoms with van der Waals surface area (Å²) >= 11 is 0. The van der Waals surface area contributed by atoms with Gasteiger partial charge in [0.1, 0.15) is 18.1 Å². The van der Waals surface area contributed by atoms with Crippen molar-refractivity contribution in [3.63, 3.8) is 0 Å². The highest BCUT2D eigenvalue weighted by Gasteiger charge is 2.23. The lowest BCUT2D eigenvalue weighted by Crippen LogP contribution is -2.38. The summed E-state index contributed by atoms with van der Waals surface area (Å²) in [7, 11) is 0. The molecule has 3 aromatic rings. The van der Waals surface area contributed by atoms with Crippen molar-refractivity contribution in [1.82, 2.24) is 24.9 Å². The van der Waals surface area contributed by atoms with E-state index in [1.165, 1.54) is 12.1 Å². The summed E-state index contributed by atoms with van der Waals surface area (Å²) < 4.78 is 20.8. The van der Waals surface area contributed by atoms with E-state index in [9.17, 15) is 9.18 Å². The van der Waals surface area contributed by atoms with Gasteiger partial charge in [-0.15, -0.1) is 5.10 Å². The van der Waals surface area contributed by atoms with Crippen LogP contribution in [-0.2, 0) is 24.4 Å². The average molecular weight is 409 g/mol. The van der Waals surface area contributed by atoms with Crippen LogP contribution in [0.4, 0.5) is 4.39 Å². The van der Waals surface area contributed by atoms with Crippen LogP contribution in [0.3, 0.4) is 0 Å². The minimum Gasteiger partial charge on any atom is -0.471 e. The Balaban J connectivity index is 1.48. The number of halogens is 1. The molecule has 8 heteroatoms. The van der Waals surface area contributed by atoms with E-state index in [4.69, 9.17) is 4.74 Å². The molecule has 2 aromatic heterocycles. The maximum Gasteiger partial charge on any atom is 0.225 e. The zero-order valence-corrected chi connectivity index (χ0v) is 17.3. The third kappa shape index (κ3) is 4.03. The van der Waals surface area contributed by atoms with E-state index in [1.807, 2.05) is 37.8 Å². The van der Waals surface area contributed by atoms with Gasteiger partial charge in [-0.25, -0.2) is 14.1 Å². The number of benzene rings is 1. The molecule has 1 amide bonds. The second kappa shape index (κ2) is 8.22. The molecule has 1 aliphatic heterocycles. The Bertz CT molecular complexity index is 1060. The van der Waals surface area contributed by atoms with Crippen LogP contribution < -0.4 is 4.74 Å². The summed E-state index contributed by atoms with van der Waals surface area (Å²) in [4.78, 5) is 18.8. The molecular weight excluding hydrogens is 385 g/mol. The first-order valence-electron chi connectivity index (χ1n) is 10.00. The lowest BCUT2D eigenvalue weighted by molar-refractivity contribution is -0.135. The lowest BCUT2D eigenvalue weighted by atomic mass is 10.0. The predicted molar refractivity (Wildman–Crippen MR) is 109 cm³/mol. The van der Waals surface area contributed by atoms with Gasteiger partial charge in [-0.3, -0.25) is 4.79 Å². The molecule has 1 aliphatic rings. The molecule has 7 nitrogen and oxygen atoms in total. The number of hydrogen-bond acceptors (Lipinski definition) is 5. The maximum atomic E-state index is 13.2. The zero-order valence-electron chi connectivity index (χ0n) is 17.3. The number of carbonyl (C=O) groups excluding carboxylic acids is 1. The Kier molecular flexibility index (Phi) is 5.48. The molecule has 3 heterocycles. The molecule has 0 saturated carbocycles. The Morgan fingerprint density at radius 1 is 1.20 bits per heavy atom. The average Bonchev–Trinajstić information content (AvgIpc) is 3.12. The normalized spacial score (nSPS) is 13.4. The second-order valence-electron chi connectivity index (χ2n) is 7.72. The predicted octanol–water partition coefficient (Wildman–Crippen LogP) is 3.23. The van der Waals surface area contributed by atoms with Gasteiger partial charge in [0.25, 0.3) is 0 Å². The molecule has 1 aromatic carbocycles. The quantitative estimate of drug-likeness (QED) is 0.647. The van der Waals surface area contributed by atoms with Crippen molar-refractivity contribution in [3.8, 4) is 11.6 Å².